The minimum atomic E-state index is -1.59. The zero-order valence-electron chi connectivity index (χ0n) is 6.99. The van der Waals surface area contributed by atoms with Gasteiger partial charge in [-0.3, -0.25) is 0 Å². The van der Waals surface area contributed by atoms with Crippen molar-refractivity contribution in [1.29, 1.82) is 0 Å². The molecule has 13 heavy (non-hydrogen) atoms. The van der Waals surface area contributed by atoms with Gasteiger partial charge in [0, 0.05) is 0 Å². The van der Waals surface area contributed by atoms with Crippen LogP contribution < -0.4 is 0 Å². The lowest BCUT2D eigenvalue weighted by Crippen LogP contribution is -2.58. The van der Waals surface area contributed by atoms with Crippen LogP contribution in [0.4, 0.5) is 0 Å². The third-order valence-corrected chi connectivity index (χ3v) is 2.10. The zero-order valence-corrected chi connectivity index (χ0v) is 6.99. The lowest BCUT2D eigenvalue weighted by Gasteiger charge is -2.37. The molecule has 0 aliphatic carbocycles. The van der Waals surface area contributed by atoms with Crippen LogP contribution in [0.3, 0.4) is 0 Å². The Hall–Kier alpha value is -0.690. The molecule has 1 heterocycles. The summed E-state index contributed by atoms with van der Waals surface area (Å²) in [5.41, 5.74) is 0. The van der Waals surface area contributed by atoms with Crippen molar-refractivity contribution >= 4 is 5.97 Å². The summed E-state index contributed by atoms with van der Waals surface area (Å²) in [6, 6.07) is 0. The van der Waals surface area contributed by atoms with Crippen LogP contribution in [0.25, 0.3) is 0 Å². The largest absolute Gasteiger partial charge is 0.479 e. The van der Waals surface area contributed by atoms with E-state index in [1.54, 1.807) is 0 Å². The van der Waals surface area contributed by atoms with E-state index in [2.05, 4.69) is 0 Å². The van der Waals surface area contributed by atoms with Crippen molar-refractivity contribution in [3.05, 3.63) is 0 Å². The second-order valence-corrected chi connectivity index (χ2v) is 3.07. The number of carbonyl (C=O) groups is 1. The molecule has 6 heteroatoms. The van der Waals surface area contributed by atoms with Crippen LogP contribution >= 0.6 is 0 Å². The molecule has 6 nitrogen and oxygen atoms in total. The Morgan fingerprint density at radius 3 is 2.15 bits per heavy atom. The summed E-state index contributed by atoms with van der Waals surface area (Å²) in [7, 11) is 0. The van der Waals surface area contributed by atoms with Crippen LogP contribution in [-0.2, 0) is 9.53 Å². The topological polar surface area (TPSA) is 107 Å². The Bertz CT molecular complexity index is 205. The van der Waals surface area contributed by atoms with E-state index in [0.717, 1.165) is 0 Å². The summed E-state index contributed by atoms with van der Waals surface area (Å²) >= 11 is 0. The van der Waals surface area contributed by atoms with Gasteiger partial charge >= 0.3 is 5.97 Å². The molecule has 1 aliphatic rings. The molecule has 4 N–H and O–H groups in total. The quantitative estimate of drug-likeness (QED) is 0.380. The van der Waals surface area contributed by atoms with Gasteiger partial charge in [-0.05, 0) is 6.92 Å². The van der Waals surface area contributed by atoms with Crippen LogP contribution in [0, 0.1) is 0 Å². The molecule has 0 saturated carbocycles. The number of hydrogen-bond acceptors (Lipinski definition) is 5. The number of aliphatic hydroxyl groups is 3. The lowest BCUT2D eigenvalue weighted by atomic mass is 9.96. The fourth-order valence-electron chi connectivity index (χ4n) is 1.26. The van der Waals surface area contributed by atoms with E-state index >= 15 is 0 Å². The summed E-state index contributed by atoms with van der Waals surface area (Å²) in [6.07, 6.45) is -6.62. The lowest BCUT2D eigenvalue weighted by molar-refractivity contribution is -0.223. The first-order chi connectivity index (χ1) is 5.95. The SMILES string of the molecule is CC1OC(C(=O)O)C(O)C(O)[C@@H]1O. The standard InChI is InChI=1S/C7H12O6/c1-2-3(8)4(9)5(10)6(13-2)7(11)12/h2-6,8-10H,1H3,(H,11,12)/t2?,3-,4?,5?,6?/m1/s1. The summed E-state index contributed by atoms with van der Waals surface area (Å²) in [6.45, 7) is 1.43. The van der Waals surface area contributed by atoms with E-state index in [4.69, 9.17) is 9.84 Å². The average molecular weight is 192 g/mol. The van der Waals surface area contributed by atoms with E-state index in [1.165, 1.54) is 6.92 Å². The predicted molar refractivity (Wildman–Crippen MR) is 40.0 cm³/mol. The first kappa shape index (κ1) is 10.4. The van der Waals surface area contributed by atoms with Gasteiger partial charge in [-0.1, -0.05) is 0 Å². The molecule has 0 aromatic carbocycles. The Kier molecular flexibility index (Phi) is 2.87. The Balaban J connectivity index is 2.76. The number of aliphatic carboxylic acids is 1. The Morgan fingerprint density at radius 1 is 1.15 bits per heavy atom. The highest BCUT2D eigenvalue weighted by atomic mass is 16.6. The molecule has 1 rings (SSSR count). The molecule has 1 aliphatic heterocycles. The molecule has 5 atom stereocenters. The number of carboxylic acids is 1. The van der Waals surface area contributed by atoms with Gasteiger partial charge in [-0.25, -0.2) is 4.79 Å². The van der Waals surface area contributed by atoms with Gasteiger partial charge < -0.3 is 25.2 Å². The van der Waals surface area contributed by atoms with Crippen LogP contribution in [0.1, 0.15) is 6.92 Å². The maximum absolute atomic E-state index is 10.5. The molecule has 76 valence electrons. The fraction of sp³-hybridized carbons (Fsp3) is 0.857. The van der Waals surface area contributed by atoms with Gasteiger partial charge in [0.25, 0.3) is 0 Å². The Morgan fingerprint density at radius 2 is 1.69 bits per heavy atom. The normalized spacial score (nSPS) is 46.0. The van der Waals surface area contributed by atoms with Crippen LogP contribution in [0.5, 0.6) is 0 Å². The summed E-state index contributed by atoms with van der Waals surface area (Å²) in [5, 5.41) is 36.1. The first-order valence-electron chi connectivity index (χ1n) is 3.87. The zero-order chi connectivity index (χ0) is 10.2. The van der Waals surface area contributed by atoms with Crippen molar-refractivity contribution in [1.82, 2.24) is 0 Å². The van der Waals surface area contributed by atoms with Crippen molar-refractivity contribution < 1.29 is 30.0 Å². The van der Waals surface area contributed by atoms with E-state index in [1.807, 2.05) is 0 Å². The molecule has 1 fully saturated rings. The van der Waals surface area contributed by atoms with Gasteiger partial charge in [-0.2, -0.15) is 0 Å². The molecule has 0 aromatic heterocycles. The summed E-state index contributed by atoms with van der Waals surface area (Å²) in [5.74, 6) is -1.36. The average Bonchev–Trinajstić information content (AvgIpc) is 2.07. The molecule has 0 amide bonds. The van der Waals surface area contributed by atoms with E-state index in [9.17, 15) is 20.1 Å². The first-order valence-corrected chi connectivity index (χ1v) is 3.87. The number of aliphatic hydroxyl groups excluding tert-OH is 3. The molecular weight excluding hydrogens is 180 g/mol. The molecular formula is C7H12O6. The second-order valence-electron chi connectivity index (χ2n) is 3.07. The van der Waals surface area contributed by atoms with Crippen LogP contribution in [0.15, 0.2) is 0 Å². The molecule has 0 spiro atoms. The predicted octanol–water partition coefficient (Wildman–Crippen LogP) is -2.06. The van der Waals surface area contributed by atoms with E-state index in [0.29, 0.717) is 0 Å². The number of carboxylic acid groups (broad SMARTS) is 1. The third-order valence-electron chi connectivity index (χ3n) is 2.10. The van der Waals surface area contributed by atoms with Crippen molar-refractivity contribution in [2.45, 2.75) is 37.4 Å². The summed E-state index contributed by atoms with van der Waals surface area (Å²) in [4.78, 5) is 10.5. The van der Waals surface area contributed by atoms with Crippen molar-refractivity contribution in [2.24, 2.45) is 0 Å². The third kappa shape index (κ3) is 1.80. The van der Waals surface area contributed by atoms with E-state index in [-0.39, 0.29) is 0 Å². The van der Waals surface area contributed by atoms with E-state index < -0.39 is 36.5 Å². The highest BCUT2D eigenvalue weighted by Crippen LogP contribution is 2.20. The van der Waals surface area contributed by atoms with Crippen molar-refractivity contribution in [3.63, 3.8) is 0 Å². The molecule has 0 bridgehead atoms. The van der Waals surface area contributed by atoms with Gasteiger partial charge in [0.15, 0.2) is 6.10 Å². The molecule has 0 radical (unpaired) electrons. The number of rotatable bonds is 1. The molecule has 0 aromatic rings. The van der Waals surface area contributed by atoms with Gasteiger partial charge in [0.2, 0.25) is 0 Å². The summed E-state index contributed by atoms with van der Waals surface area (Å²) < 4.78 is 4.78. The van der Waals surface area contributed by atoms with Gasteiger partial charge in [0.05, 0.1) is 6.10 Å². The smallest absolute Gasteiger partial charge is 0.335 e. The number of ether oxygens (including phenoxy) is 1. The van der Waals surface area contributed by atoms with Crippen LogP contribution in [0.2, 0.25) is 0 Å². The number of hydrogen-bond donors (Lipinski definition) is 4. The highest BCUT2D eigenvalue weighted by Gasteiger charge is 2.44. The Labute approximate surface area is 74.4 Å². The maximum Gasteiger partial charge on any atom is 0.335 e. The minimum Gasteiger partial charge on any atom is -0.479 e. The monoisotopic (exact) mass is 192 g/mol. The van der Waals surface area contributed by atoms with Crippen molar-refractivity contribution in [2.75, 3.05) is 0 Å². The van der Waals surface area contributed by atoms with Crippen molar-refractivity contribution in [3.8, 4) is 0 Å². The molecule has 4 unspecified atom stereocenters. The minimum absolute atomic E-state index is 0.806. The molecule has 1 saturated heterocycles. The fourth-order valence-corrected chi connectivity index (χ4v) is 1.26. The van der Waals surface area contributed by atoms with Gasteiger partial charge in [0.1, 0.15) is 18.3 Å². The van der Waals surface area contributed by atoms with Crippen LogP contribution in [-0.4, -0.2) is 56.9 Å². The van der Waals surface area contributed by atoms with Gasteiger partial charge in [-0.15, -0.1) is 0 Å². The second kappa shape index (κ2) is 3.59. The maximum atomic E-state index is 10.5. The highest BCUT2D eigenvalue weighted by molar-refractivity contribution is 5.73.